The monoisotopic (exact) mass is 357 g/mol. The summed E-state index contributed by atoms with van der Waals surface area (Å²) < 4.78 is 15.3. The molecule has 0 aliphatic carbocycles. The predicted molar refractivity (Wildman–Crippen MR) is 97.1 cm³/mol. The van der Waals surface area contributed by atoms with Gasteiger partial charge in [0.05, 0.1) is 35.9 Å². The third-order valence-corrected chi connectivity index (χ3v) is 5.14. The maximum atomic E-state index is 13.5. The first-order valence-electron chi connectivity index (χ1n) is 9.17. The van der Waals surface area contributed by atoms with Gasteiger partial charge in [0.1, 0.15) is 11.6 Å². The van der Waals surface area contributed by atoms with Crippen LogP contribution in [0.1, 0.15) is 42.4 Å². The fourth-order valence-corrected chi connectivity index (χ4v) is 3.80. The van der Waals surface area contributed by atoms with Crippen LogP contribution in [0.2, 0.25) is 0 Å². The number of nitrogens with zero attached hydrogens (tertiary/aromatic N) is 4. The van der Waals surface area contributed by atoms with Gasteiger partial charge in [-0.15, -0.1) is 0 Å². The number of hydrogen-bond acceptors (Lipinski definition) is 4. The van der Waals surface area contributed by atoms with E-state index in [2.05, 4.69) is 15.0 Å². The van der Waals surface area contributed by atoms with Crippen molar-refractivity contribution in [1.82, 2.24) is 24.6 Å². The van der Waals surface area contributed by atoms with Gasteiger partial charge in [-0.3, -0.25) is 9.58 Å². The number of aliphatic hydroxyl groups is 1. The van der Waals surface area contributed by atoms with Gasteiger partial charge in [0.15, 0.2) is 0 Å². The second-order valence-corrected chi connectivity index (χ2v) is 6.99. The highest BCUT2D eigenvalue weighted by atomic mass is 19.1. The number of aliphatic hydroxyl groups excluding tert-OH is 1. The highest BCUT2D eigenvalue weighted by Crippen LogP contribution is 2.32. The van der Waals surface area contributed by atoms with Gasteiger partial charge in [-0.05, 0) is 44.5 Å². The minimum atomic E-state index is -0.250. The molecular formula is C19H24FN5O. The molecule has 1 saturated heterocycles. The van der Waals surface area contributed by atoms with Crippen LogP contribution in [0.5, 0.6) is 0 Å². The summed E-state index contributed by atoms with van der Waals surface area (Å²) in [6.07, 6.45) is 5.38. The molecule has 0 radical (unpaired) electrons. The lowest BCUT2D eigenvalue weighted by Gasteiger charge is -2.34. The lowest BCUT2D eigenvalue weighted by atomic mass is 10.0. The smallest absolute Gasteiger partial charge is 0.125 e. The Hall–Kier alpha value is -2.25. The van der Waals surface area contributed by atoms with Gasteiger partial charge in [0.2, 0.25) is 0 Å². The van der Waals surface area contributed by atoms with E-state index in [-0.39, 0.29) is 18.5 Å². The average molecular weight is 357 g/mol. The van der Waals surface area contributed by atoms with Crippen LogP contribution in [0.25, 0.3) is 11.0 Å². The molecule has 1 aliphatic heterocycles. The van der Waals surface area contributed by atoms with Crippen molar-refractivity contribution in [1.29, 1.82) is 0 Å². The number of H-pyrrole nitrogens is 1. The number of benzene rings is 1. The largest absolute Gasteiger partial charge is 0.394 e. The average Bonchev–Trinajstić information content (AvgIpc) is 3.19. The Bertz CT molecular complexity index is 903. The summed E-state index contributed by atoms with van der Waals surface area (Å²) >= 11 is 0. The Morgan fingerprint density at radius 1 is 1.35 bits per heavy atom. The van der Waals surface area contributed by atoms with Crippen LogP contribution in [0.4, 0.5) is 4.39 Å². The van der Waals surface area contributed by atoms with E-state index in [1.165, 1.54) is 17.7 Å². The second-order valence-electron chi connectivity index (χ2n) is 6.99. The summed E-state index contributed by atoms with van der Waals surface area (Å²) in [6.45, 7) is 4.40. The van der Waals surface area contributed by atoms with E-state index in [0.717, 1.165) is 54.9 Å². The zero-order chi connectivity index (χ0) is 18.1. The molecule has 0 saturated carbocycles. The molecule has 3 aromatic rings. The van der Waals surface area contributed by atoms with Gasteiger partial charge in [0.25, 0.3) is 0 Å². The topological polar surface area (TPSA) is 70.0 Å². The Kier molecular flexibility index (Phi) is 4.74. The fourth-order valence-electron chi connectivity index (χ4n) is 3.80. The zero-order valence-corrected chi connectivity index (χ0v) is 15.0. The number of piperidine rings is 1. The quantitative estimate of drug-likeness (QED) is 0.737. The van der Waals surface area contributed by atoms with E-state index in [0.29, 0.717) is 6.54 Å². The predicted octanol–water partition coefficient (Wildman–Crippen LogP) is 2.93. The molecule has 7 heteroatoms. The molecule has 26 heavy (non-hydrogen) atoms. The zero-order valence-electron chi connectivity index (χ0n) is 15.0. The molecule has 6 nitrogen and oxygen atoms in total. The van der Waals surface area contributed by atoms with Gasteiger partial charge >= 0.3 is 0 Å². The van der Waals surface area contributed by atoms with Crippen LogP contribution in [0.3, 0.4) is 0 Å². The molecule has 3 heterocycles. The van der Waals surface area contributed by atoms with Crippen LogP contribution in [0.15, 0.2) is 24.4 Å². The molecule has 0 amide bonds. The molecule has 0 bridgehead atoms. The number of likely N-dealkylation sites (tertiary alicyclic amines) is 1. The SMILES string of the molecule is Cc1nn(CCO)cc1CN1CCCC[C@@H]1c1nc2ccc(F)cc2[nH]1. The first kappa shape index (κ1) is 17.2. The Morgan fingerprint density at radius 3 is 3.08 bits per heavy atom. The van der Waals surface area contributed by atoms with E-state index in [4.69, 9.17) is 10.1 Å². The number of fused-ring (bicyclic) bond motifs is 1. The van der Waals surface area contributed by atoms with Crippen molar-refractivity contribution >= 4 is 11.0 Å². The number of halogens is 1. The van der Waals surface area contributed by atoms with Crippen LogP contribution in [0, 0.1) is 12.7 Å². The van der Waals surface area contributed by atoms with E-state index in [9.17, 15) is 4.39 Å². The summed E-state index contributed by atoms with van der Waals surface area (Å²) in [7, 11) is 0. The Balaban J connectivity index is 1.59. The highest BCUT2D eigenvalue weighted by molar-refractivity contribution is 5.75. The highest BCUT2D eigenvalue weighted by Gasteiger charge is 2.27. The minimum absolute atomic E-state index is 0.0858. The lowest BCUT2D eigenvalue weighted by molar-refractivity contribution is 0.134. The van der Waals surface area contributed by atoms with Gasteiger partial charge in [-0.25, -0.2) is 9.37 Å². The van der Waals surface area contributed by atoms with E-state index in [1.807, 2.05) is 13.1 Å². The normalized spacial score (nSPS) is 18.7. The molecule has 138 valence electrons. The number of aromatic nitrogens is 4. The lowest BCUT2D eigenvalue weighted by Crippen LogP contribution is -2.33. The van der Waals surface area contributed by atoms with Crippen LogP contribution in [-0.2, 0) is 13.1 Å². The molecule has 1 fully saturated rings. The molecule has 1 aliphatic rings. The molecule has 2 aromatic heterocycles. The van der Waals surface area contributed by atoms with Crippen molar-refractivity contribution in [3.63, 3.8) is 0 Å². The van der Waals surface area contributed by atoms with Gasteiger partial charge in [-0.2, -0.15) is 5.10 Å². The number of aryl methyl sites for hydroxylation is 1. The Morgan fingerprint density at radius 2 is 2.23 bits per heavy atom. The van der Waals surface area contributed by atoms with Gasteiger partial charge in [0, 0.05) is 18.3 Å². The molecule has 4 rings (SSSR count). The summed E-state index contributed by atoms with van der Waals surface area (Å²) in [5, 5.41) is 13.6. The number of nitrogens with one attached hydrogen (secondary N) is 1. The van der Waals surface area contributed by atoms with Crippen LogP contribution in [-0.4, -0.2) is 42.9 Å². The van der Waals surface area contributed by atoms with E-state index >= 15 is 0 Å². The van der Waals surface area contributed by atoms with Crippen molar-refractivity contribution in [3.8, 4) is 0 Å². The summed E-state index contributed by atoms with van der Waals surface area (Å²) in [4.78, 5) is 10.4. The third kappa shape index (κ3) is 3.37. The fraction of sp³-hybridized carbons (Fsp3) is 0.474. The van der Waals surface area contributed by atoms with Crippen LogP contribution >= 0.6 is 0 Å². The van der Waals surface area contributed by atoms with Crippen molar-refractivity contribution < 1.29 is 9.50 Å². The Labute approximate surface area is 151 Å². The van der Waals surface area contributed by atoms with Crippen molar-refractivity contribution in [2.24, 2.45) is 0 Å². The summed E-state index contributed by atoms with van der Waals surface area (Å²) in [5.41, 5.74) is 3.72. The summed E-state index contributed by atoms with van der Waals surface area (Å²) in [6, 6.07) is 4.87. The molecule has 0 spiro atoms. The van der Waals surface area contributed by atoms with Gasteiger partial charge in [-0.1, -0.05) is 6.42 Å². The molecular weight excluding hydrogens is 333 g/mol. The molecule has 1 aromatic carbocycles. The van der Waals surface area contributed by atoms with Crippen molar-refractivity contribution in [3.05, 3.63) is 47.3 Å². The first-order valence-corrected chi connectivity index (χ1v) is 9.17. The van der Waals surface area contributed by atoms with Crippen molar-refractivity contribution in [2.75, 3.05) is 13.2 Å². The molecule has 0 unspecified atom stereocenters. The van der Waals surface area contributed by atoms with Crippen molar-refractivity contribution in [2.45, 2.75) is 45.3 Å². The van der Waals surface area contributed by atoms with E-state index in [1.54, 1.807) is 10.7 Å². The van der Waals surface area contributed by atoms with E-state index < -0.39 is 0 Å². The standard InChI is InChI=1S/C19H24FN5O/c1-13-14(12-25(23-13)8-9-26)11-24-7-3-2-4-18(24)19-21-16-6-5-15(20)10-17(16)22-19/h5-6,10,12,18,26H,2-4,7-9,11H2,1H3,(H,21,22)/t18-/m1/s1. The first-order chi connectivity index (χ1) is 12.6. The number of hydrogen-bond donors (Lipinski definition) is 2. The molecule has 1 atom stereocenters. The maximum absolute atomic E-state index is 13.5. The third-order valence-electron chi connectivity index (χ3n) is 5.14. The molecule has 2 N–H and O–H groups in total. The minimum Gasteiger partial charge on any atom is -0.394 e. The maximum Gasteiger partial charge on any atom is 0.125 e. The second kappa shape index (κ2) is 7.17. The number of aromatic amines is 1. The van der Waals surface area contributed by atoms with Crippen LogP contribution < -0.4 is 0 Å². The summed E-state index contributed by atoms with van der Waals surface area (Å²) in [5.74, 6) is 0.658. The number of imidazole rings is 1. The van der Waals surface area contributed by atoms with Gasteiger partial charge < -0.3 is 10.1 Å². The number of rotatable bonds is 5.